The quantitative estimate of drug-likeness (QED) is 0.858. The summed E-state index contributed by atoms with van der Waals surface area (Å²) in [5.41, 5.74) is -1.40. The van der Waals surface area contributed by atoms with Crippen LogP contribution >= 0.6 is 15.9 Å². The number of alkyl halides is 3. The molecule has 0 bridgehead atoms. The molecule has 2 N–H and O–H groups in total. The number of carbonyl (C=O) groups is 1. The van der Waals surface area contributed by atoms with E-state index in [1.54, 1.807) is 0 Å². The SMILES string of the molecule is Cn1ncc(C(F)(F)F)c1CNC(=O)c1ncc(Br)cc1O. The third-order valence-corrected chi connectivity index (χ3v) is 3.27. The Morgan fingerprint density at radius 1 is 1.45 bits per heavy atom. The molecule has 2 aromatic rings. The van der Waals surface area contributed by atoms with Crippen LogP contribution in [-0.2, 0) is 19.8 Å². The first-order chi connectivity index (χ1) is 10.2. The molecule has 0 saturated heterocycles. The Labute approximate surface area is 131 Å². The van der Waals surface area contributed by atoms with Gasteiger partial charge in [0.25, 0.3) is 5.91 Å². The minimum absolute atomic E-state index is 0.197. The van der Waals surface area contributed by atoms with Gasteiger partial charge in [-0.3, -0.25) is 9.48 Å². The molecular formula is C12H10BrF3N4O2. The smallest absolute Gasteiger partial charge is 0.419 e. The highest BCUT2D eigenvalue weighted by Crippen LogP contribution is 2.31. The Morgan fingerprint density at radius 3 is 2.73 bits per heavy atom. The second-order valence-corrected chi connectivity index (χ2v) is 5.25. The van der Waals surface area contributed by atoms with Crippen LogP contribution in [0.4, 0.5) is 13.2 Å². The fourth-order valence-corrected chi connectivity index (χ4v) is 2.08. The van der Waals surface area contributed by atoms with Crippen molar-refractivity contribution < 1.29 is 23.1 Å². The first-order valence-corrected chi connectivity index (χ1v) is 6.70. The monoisotopic (exact) mass is 378 g/mol. The fraction of sp³-hybridized carbons (Fsp3) is 0.250. The predicted octanol–water partition coefficient (Wildman–Crippen LogP) is 2.23. The van der Waals surface area contributed by atoms with Gasteiger partial charge in [-0.25, -0.2) is 4.98 Å². The van der Waals surface area contributed by atoms with E-state index in [9.17, 15) is 23.1 Å². The van der Waals surface area contributed by atoms with Crippen molar-refractivity contribution >= 4 is 21.8 Å². The number of aryl methyl sites for hydroxylation is 1. The second kappa shape index (κ2) is 5.95. The number of hydrogen-bond acceptors (Lipinski definition) is 4. The van der Waals surface area contributed by atoms with Crippen LogP contribution in [0.15, 0.2) is 22.9 Å². The van der Waals surface area contributed by atoms with Gasteiger partial charge >= 0.3 is 6.18 Å². The van der Waals surface area contributed by atoms with Crippen LogP contribution < -0.4 is 5.32 Å². The molecule has 0 saturated carbocycles. The molecule has 0 fully saturated rings. The van der Waals surface area contributed by atoms with Crippen LogP contribution in [0.1, 0.15) is 21.7 Å². The Bertz CT molecular complexity index is 715. The summed E-state index contributed by atoms with van der Waals surface area (Å²) in [6, 6.07) is 1.26. The lowest BCUT2D eigenvalue weighted by Gasteiger charge is -2.10. The molecule has 2 aromatic heterocycles. The summed E-state index contributed by atoms with van der Waals surface area (Å²) in [7, 11) is 1.34. The Balaban J connectivity index is 2.17. The van der Waals surface area contributed by atoms with Crippen LogP contribution in [0.5, 0.6) is 5.75 Å². The van der Waals surface area contributed by atoms with Crippen LogP contribution in [-0.4, -0.2) is 25.8 Å². The van der Waals surface area contributed by atoms with Gasteiger partial charge in [0.15, 0.2) is 5.69 Å². The summed E-state index contributed by atoms with van der Waals surface area (Å²) in [6.07, 6.45) is -2.58. The van der Waals surface area contributed by atoms with E-state index in [-0.39, 0.29) is 17.1 Å². The minimum atomic E-state index is -4.56. The van der Waals surface area contributed by atoms with Crippen molar-refractivity contribution in [2.45, 2.75) is 12.7 Å². The van der Waals surface area contributed by atoms with Crippen molar-refractivity contribution in [3.63, 3.8) is 0 Å². The predicted molar refractivity (Wildman–Crippen MR) is 73.0 cm³/mol. The van der Waals surface area contributed by atoms with Crippen molar-refractivity contribution in [3.05, 3.63) is 39.9 Å². The molecule has 118 valence electrons. The first-order valence-electron chi connectivity index (χ1n) is 5.91. The van der Waals surface area contributed by atoms with Gasteiger partial charge in [-0.05, 0) is 22.0 Å². The topological polar surface area (TPSA) is 80.0 Å². The van der Waals surface area contributed by atoms with Crippen molar-refractivity contribution in [2.75, 3.05) is 0 Å². The van der Waals surface area contributed by atoms with E-state index in [4.69, 9.17) is 0 Å². The molecule has 0 radical (unpaired) electrons. The fourth-order valence-electron chi connectivity index (χ4n) is 1.76. The number of nitrogens with one attached hydrogen (secondary N) is 1. The lowest BCUT2D eigenvalue weighted by Crippen LogP contribution is -2.26. The summed E-state index contributed by atoms with van der Waals surface area (Å²) in [4.78, 5) is 15.6. The molecule has 10 heteroatoms. The third kappa shape index (κ3) is 3.38. The van der Waals surface area contributed by atoms with Crippen LogP contribution in [0.25, 0.3) is 0 Å². The summed E-state index contributed by atoms with van der Waals surface area (Å²) in [5, 5.41) is 15.4. The summed E-state index contributed by atoms with van der Waals surface area (Å²) < 4.78 is 39.9. The number of amides is 1. The lowest BCUT2D eigenvalue weighted by molar-refractivity contribution is -0.138. The molecule has 0 spiro atoms. The molecule has 1 amide bonds. The number of halogens is 4. The molecular weight excluding hydrogens is 369 g/mol. The zero-order chi connectivity index (χ0) is 16.5. The van der Waals surface area contributed by atoms with Gasteiger partial charge in [0.05, 0.1) is 24.0 Å². The normalized spacial score (nSPS) is 11.5. The van der Waals surface area contributed by atoms with Crippen molar-refractivity contribution in [1.29, 1.82) is 0 Å². The molecule has 22 heavy (non-hydrogen) atoms. The number of aromatic nitrogens is 3. The average Bonchev–Trinajstić information content (AvgIpc) is 2.77. The van der Waals surface area contributed by atoms with Gasteiger partial charge in [-0.2, -0.15) is 18.3 Å². The number of pyridine rings is 1. The second-order valence-electron chi connectivity index (χ2n) is 4.33. The largest absolute Gasteiger partial charge is 0.505 e. The molecule has 2 rings (SSSR count). The first kappa shape index (κ1) is 16.3. The van der Waals surface area contributed by atoms with Gasteiger partial charge in [0, 0.05) is 17.7 Å². The van der Waals surface area contributed by atoms with E-state index in [2.05, 4.69) is 31.3 Å². The highest BCUT2D eigenvalue weighted by molar-refractivity contribution is 9.10. The summed E-state index contributed by atoms with van der Waals surface area (Å²) >= 11 is 3.07. The number of carbonyl (C=O) groups excluding carboxylic acids is 1. The molecule has 0 unspecified atom stereocenters. The average molecular weight is 379 g/mol. The van der Waals surface area contributed by atoms with Crippen molar-refractivity contribution in [3.8, 4) is 5.75 Å². The molecule has 0 atom stereocenters. The summed E-state index contributed by atoms with van der Waals surface area (Å²) in [6.45, 7) is -0.401. The van der Waals surface area contributed by atoms with E-state index in [0.717, 1.165) is 4.68 Å². The number of hydrogen-bond donors (Lipinski definition) is 2. The lowest BCUT2D eigenvalue weighted by atomic mass is 10.2. The van der Waals surface area contributed by atoms with E-state index in [1.165, 1.54) is 19.3 Å². The maximum atomic E-state index is 12.8. The highest BCUT2D eigenvalue weighted by atomic mass is 79.9. The number of aromatic hydroxyl groups is 1. The maximum Gasteiger partial charge on any atom is 0.419 e. The van der Waals surface area contributed by atoms with Gasteiger partial charge < -0.3 is 10.4 Å². The molecule has 0 aliphatic carbocycles. The Kier molecular flexibility index (Phi) is 4.40. The van der Waals surface area contributed by atoms with E-state index < -0.39 is 24.2 Å². The minimum Gasteiger partial charge on any atom is -0.505 e. The molecule has 2 heterocycles. The van der Waals surface area contributed by atoms with Crippen LogP contribution in [0, 0.1) is 0 Å². The van der Waals surface area contributed by atoms with Crippen LogP contribution in [0.2, 0.25) is 0 Å². The Hall–Kier alpha value is -2.10. The molecule has 0 aliphatic heterocycles. The third-order valence-electron chi connectivity index (χ3n) is 2.83. The van der Waals surface area contributed by atoms with Crippen molar-refractivity contribution in [2.24, 2.45) is 7.05 Å². The number of rotatable bonds is 3. The van der Waals surface area contributed by atoms with Crippen LogP contribution in [0.3, 0.4) is 0 Å². The zero-order valence-corrected chi connectivity index (χ0v) is 12.7. The van der Waals surface area contributed by atoms with E-state index in [0.29, 0.717) is 10.7 Å². The zero-order valence-electron chi connectivity index (χ0n) is 11.1. The summed E-state index contributed by atoms with van der Waals surface area (Å²) in [5.74, 6) is -1.17. The van der Waals surface area contributed by atoms with E-state index in [1.807, 2.05) is 0 Å². The van der Waals surface area contributed by atoms with Gasteiger partial charge in [-0.15, -0.1) is 0 Å². The van der Waals surface area contributed by atoms with Gasteiger partial charge in [-0.1, -0.05) is 0 Å². The maximum absolute atomic E-state index is 12.8. The standard InChI is InChI=1S/C12H10BrF3N4O2/c1-20-8(7(4-19-20)12(14,15)16)5-18-11(22)10-9(21)2-6(13)3-17-10/h2-4,21H,5H2,1H3,(H,18,22). The molecule has 0 aliphatic rings. The highest BCUT2D eigenvalue weighted by Gasteiger charge is 2.35. The molecule has 6 nitrogen and oxygen atoms in total. The van der Waals surface area contributed by atoms with E-state index >= 15 is 0 Å². The van der Waals surface area contributed by atoms with Crippen molar-refractivity contribution in [1.82, 2.24) is 20.1 Å². The Morgan fingerprint density at radius 2 is 2.14 bits per heavy atom. The number of nitrogens with zero attached hydrogens (tertiary/aromatic N) is 3. The van der Waals surface area contributed by atoms with Gasteiger partial charge in [0.1, 0.15) is 5.75 Å². The molecule has 0 aromatic carbocycles. The van der Waals surface area contributed by atoms with Gasteiger partial charge in [0.2, 0.25) is 0 Å².